The third-order valence-electron chi connectivity index (χ3n) is 2.83. The first-order valence-corrected chi connectivity index (χ1v) is 6.29. The highest BCUT2D eigenvalue weighted by atomic mass is 16.2. The van der Waals surface area contributed by atoms with Crippen LogP contribution in [0.25, 0.3) is 0 Å². The van der Waals surface area contributed by atoms with E-state index < -0.39 is 0 Å². The quantitative estimate of drug-likeness (QED) is 0.912. The molecule has 0 unspecified atom stereocenters. The highest BCUT2D eigenvalue weighted by Gasteiger charge is 2.14. The summed E-state index contributed by atoms with van der Waals surface area (Å²) in [6.45, 7) is 2.36. The van der Waals surface area contributed by atoms with Crippen LogP contribution in [-0.4, -0.2) is 40.1 Å². The van der Waals surface area contributed by atoms with Gasteiger partial charge in [-0.3, -0.25) is 9.78 Å². The van der Waals surface area contributed by atoms with Crippen molar-refractivity contribution in [3.8, 4) is 0 Å². The molecule has 1 amide bonds. The normalized spacial score (nSPS) is 10.2. The van der Waals surface area contributed by atoms with Gasteiger partial charge in [0, 0.05) is 19.8 Å². The lowest BCUT2D eigenvalue weighted by Gasteiger charge is -2.16. The number of anilines is 1. The fourth-order valence-corrected chi connectivity index (χ4v) is 1.78. The summed E-state index contributed by atoms with van der Waals surface area (Å²) in [6, 6.07) is 9.12. The van der Waals surface area contributed by atoms with E-state index in [1.54, 1.807) is 31.1 Å². The van der Waals surface area contributed by atoms with Gasteiger partial charge >= 0.3 is 0 Å². The second-order valence-electron chi connectivity index (χ2n) is 4.49. The molecule has 6 heteroatoms. The van der Waals surface area contributed by atoms with E-state index in [9.17, 15) is 4.79 Å². The molecule has 2 aromatic heterocycles. The largest absolute Gasteiger partial charge is 0.372 e. The number of amides is 1. The first-order chi connectivity index (χ1) is 9.60. The van der Waals surface area contributed by atoms with E-state index in [1.165, 1.54) is 0 Å². The predicted molar refractivity (Wildman–Crippen MR) is 76.4 cm³/mol. The topological polar surface area (TPSA) is 71.0 Å². The van der Waals surface area contributed by atoms with Crippen LogP contribution in [-0.2, 0) is 6.54 Å². The van der Waals surface area contributed by atoms with Crippen LogP contribution in [0.3, 0.4) is 0 Å². The monoisotopic (exact) mass is 271 g/mol. The molecule has 2 rings (SSSR count). The van der Waals surface area contributed by atoms with Crippen LogP contribution >= 0.6 is 0 Å². The third-order valence-corrected chi connectivity index (χ3v) is 2.83. The summed E-state index contributed by atoms with van der Waals surface area (Å²) in [7, 11) is 3.47. The molecule has 0 radical (unpaired) electrons. The molecule has 0 aliphatic heterocycles. The van der Waals surface area contributed by atoms with E-state index >= 15 is 0 Å². The second-order valence-corrected chi connectivity index (χ2v) is 4.49. The van der Waals surface area contributed by atoms with Gasteiger partial charge in [0.1, 0.15) is 5.82 Å². The number of rotatable bonds is 4. The van der Waals surface area contributed by atoms with Crippen LogP contribution in [0.15, 0.2) is 30.3 Å². The van der Waals surface area contributed by atoms with E-state index in [2.05, 4.69) is 20.5 Å². The number of hydrogen-bond donors (Lipinski definition) is 1. The molecule has 0 saturated heterocycles. The smallest absolute Gasteiger partial charge is 0.274 e. The molecule has 2 aromatic rings. The van der Waals surface area contributed by atoms with Gasteiger partial charge in [-0.05, 0) is 31.2 Å². The maximum Gasteiger partial charge on any atom is 0.274 e. The molecular weight excluding hydrogens is 254 g/mol. The molecule has 104 valence electrons. The van der Waals surface area contributed by atoms with Crippen molar-refractivity contribution in [1.29, 1.82) is 0 Å². The minimum atomic E-state index is -0.177. The minimum Gasteiger partial charge on any atom is -0.372 e. The molecule has 0 spiro atoms. The Kier molecular flexibility index (Phi) is 4.24. The van der Waals surface area contributed by atoms with E-state index in [4.69, 9.17) is 0 Å². The van der Waals surface area contributed by atoms with Gasteiger partial charge in [-0.25, -0.2) is 0 Å². The summed E-state index contributed by atoms with van der Waals surface area (Å²) < 4.78 is 0. The number of nitrogens with zero attached hydrogens (tertiary/aromatic N) is 4. The van der Waals surface area contributed by atoms with Crippen molar-refractivity contribution in [3.05, 3.63) is 47.4 Å². The fraction of sp³-hybridized carbons (Fsp3) is 0.286. The van der Waals surface area contributed by atoms with E-state index in [-0.39, 0.29) is 5.91 Å². The zero-order chi connectivity index (χ0) is 14.5. The zero-order valence-corrected chi connectivity index (χ0v) is 11.8. The van der Waals surface area contributed by atoms with Gasteiger partial charge in [0.05, 0.1) is 12.2 Å². The first kappa shape index (κ1) is 13.9. The number of hydrogen-bond acceptors (Lipinski definition) is 5. The van der Waals surface area contributed by atoms with E-state index in [1.807, 2.05) is 25.1 Å². The van der Waals surface area contributed by atoms with Gasteiger partial charge in [-0.2, -0.15) is 0 Å². The average Bonchev–Trinajstić information content (AvgIpc) is 2.46. The third kappa shape index (κ3) is 3.28. The summed E-state index contributed by atoms with van der Waals surface area (Å²) in [6.07, 6.45) is 0. The summed E-state index contributed by atoms with van der Waals surface area (Å²) in [5, 5.41) is 10.7. The Balaban J connectivity index is 2.07. The summed E-state index contributed by atoms with van der Waals surface area (Å²) in [5.41, 5.74) is 2.10. The maximum absolute atomic E-state index is 12.2. The number of aromatic nitrogens is 3. The molecule has 2 heterocycles. The lowest BCUT2D eigenvalue weighted by molar-refractivity contribution is 0.0776. The Bertz CT molecular complexity index is 597. The Morgan fingerprint density at radius 1 is 1.25 bits per heavy atom. The van der Waals surface area contributed by atoms with Gasteiger partial charge in [-0.1, -0.05) is 6.07 Å². The van der Waals surface area contributed by atoms with Gasteiger partial charge in [-0.15, -0.1) is 10.2 Å². The van der Waals surface area contributed by atoms with Crippen molar-refractivity contribution in [2.75, 3.05) is 19.4 Å². The van der Waals surface area contributed by atoms with Crippen LogP contribution in [0.2, 0.25) is 0 Å². The highest BCUT2D eigenvalue weighted by molar-refractivity contribution is 5.92. The van der Waals surface area contributed by atoms with Crippen LogP contribution < -0.4 is 5.32 Å². The van der Waals surface area contributed by atoms with E-state index in [0.717, 1.165) is 11.4 Å². The molecule has 0 fully saturated rings. The molecule has 1 N–H and O–H groups in total. The average molecular weight is 271 g/mol. The van der Waals surface area contributed by atoms with Crippen LogP contribution in [0.5, 0.6) is 0 Å². The SMILES string of the molecule is CNc1ccc(C(=O)N(C)Cc2cccc(C)n2)nn1. The standard InChI is InChI=1S/C14H17N5O/c1-10-5-4-6-11(16-10)9-19(3)14(20)12-7-8-13(15-2)18-17-12/h4-8H,9H2,1-3H3,(H,15,18). The Hall–Kier alpha value is -2.50. The van der Waals surface area contributed by atoms with Gasteiger partial charge in [0.2, 0.25) is 0 Å². The van der Waals surface area contributed by atoms with E-state index in [0.29, 0.717) is 18.1 Å². The van der Waals surface area contributed by atoms with Crippen molar-refractivity contribution in [3.63, 3.8) is 0 Å². The Morgan fingerprint density at radius 2 is 2.05 bits per heavy atom. The lowest BCUT2D eigenvalue weighted by atomic mass is 10.3. The van der Waals surface area contributed by atoms with Crippen molar-refractivity contribution < 1.29 is 4.79 Å². The molecular formula is C14H17N5O. The molecule has 20 heavy (non-hydrogen) atoms. The fourth-order valence-electron chi connectivity index (χ4n) is 1.78. The Labute approximate surface area is 117 Å². The van der Waals surface area contributed by atoms with Gasteiger partial charge in [0.25, 0.3) is 5.91 Å². The molecule has 0 atom stereocenters. The number of carbonyl (C=O) groups excluding carboxylic acids is 1. The molecule has 6 nitrogen and oxygen atoms in total. The van der Waals surface area contributed by atoms with Gasteiger partial charge < -0.3 is 10.2 Å². The van der Waals surface area contributed by atoms with Crippen molar-refractivity contribution >= 4 is 11.7 Å². The lowest BCUT2D eigenvalue weighted by Crippen LogP contribution is -2.27. The first-order valence-electron chi connectivity index (χ1n) is 6.29. The minimum absolute atomic E-state index is 0.177. The van der Waals surface area contributed by atoms with Crippen molar-refractivity contribution in [2.24, 2.45) is 0 Å². The van der Waals surface area contributed by atoms with Crippen LogP contribution in [0, 0.1) is 6.92 Å². The molecule has 0 aliphatic carbocycles. The summed E-state index contributed by atoms with van der Waals surface area (Å²) in [5.74, 6) is 0.452. The Morgan fingerprint density at radius 3 is 2.65 bits per heavy atom. The summed E-state index contributed by atoms with van der Waals surface area (Å²) in [4.78, 5) is 18.2. The number of nitrogens with one attached hydrogen (secondary N) is 1. The number of carbonyl (C=O) groups is 1. The van der Waals surface area contributed by atoms with Crippen LogP contribution in [0.1, 0.15) is 21.9 Å². The zero-order valence-electron chi connectivity index (χ0n) is 11.8. The molecule has 0 aliphatic rings. The van der Waals surface area contributed by atoms with Crippen LogP contribution in [0.4, 0.5) is 5.82 Å². The summed E-state index contributed by atoms with van der Waals surface area (Å²) >= 11 is 0. The molecule has 0 bridgehead atoms. The number of pyridine rings is 1. The second kappa shape index (κ2) is 6.10. The highest BCUT2D eigenvalue weighted by Crippen LogP contribution is 2.07. The maximum atomic E-state index is 12.2. The predicted octanol–water partition coefficient (Wildman–Crippen LogP) is 1.49. The van der Waals surface area contributed by atoms with Gasteiger partial charge in [0.15, 0.2) is 5.69 Å². The molecule has 0 saturated carbocycles. The number of aryl methyl sites for hydroxylation is 1. The van der Waals surface area contributed by atoms with Crippen molar-refractivity contribution in [2.45, 2.75) is 13.5 Å². The molecule has 0 aromatic carbocycles. The van der Waals surface area contributed by atoms with Crippen molar-refractivity contribution in [1.82, 2.24) is 20.1 Å².